The third kappa shape index (κ3) is 14.4. The Morgan fingerprint density at radius 3 is 2.24 bits per heavy atom. The number of aromatic nitrogens is 2. The Morgan fingerprint density at radius 2 is 1.67 bits per heavy atom. The van der Waals surface area contributed by atoms with Crippen LogP contribution in [-0.2, 0) is 27.9 Å². The summed E-state index contributed by atoms with van der Waals surface area (Å²) < 4.78 is 62.6. The first-order chi connectivity index (χ1) is 21.9. The van der Waals surface area contributed by atoms with Gasteiger partial charge in [0.1, 0.15) is 11.9 Å². The van der Waals surface area contributed by atoms with Crippen LogP contribution in [0.3, 0.4) is 0 Å². The van der Waals surface area contributed by atoms with E-state index in [0.29, 0.717) is 11.0 Å². The van der Waals surface area contributed by atoms with E-state index in [9.17, 15) is 32.9 Å². The van der Waals surface area contributed by atoms with Crippen LogP contribution in [0.1, 0.15) is 110 Å². The lowest BCUT2D eigenvalue weighted by Gasteiger charge is -2.21. The molecule has 5 N–H and O–H groups in total. The summed E-state index contributed by atoms with van der Waals surface area (Å²) in [4.78, 5) is 37.7. The Morgan fingerprint density at radius 1 is 1.09 bits per heavy atom. The molecule has 46 heavy (non-hydrogen) atoms. The van der Waals surface area contributed by atoms with Crippen LogP contribution in [0, 0.1) is 0 Å². The minimum Gasteiger partial charge on any atom is -0.384 e. The van der Waals surface area contributed by atoms with Crippen molar-refractivity contribution in [3.63, 3.8) is 0 Å². The normalized spacial score (nSPS) is 21.2. The topological polar surface area (TPSA) is 184 Å². The van der Waals surface area contributed by atoms with Crippen LogP contribution < -0.4 is 16.7 Å². The number of halogens is 2. The predicted octanol–water partition coefficient (Wildman–Crippen LogP) is 4.86. The van der Waals surface area contributed by atoms with Gasteiger partial charge >= 0.3 is 19.4 Å². The van der Waals surface area contributed by atoms with Gasteiger partial charge in [0.2, 0.25) is 12.1 Å². The number of aliphatic hydroxyl groups is 1. The molecule has 1 amide bonds. The molecule has 266 valence electrons. The van der Waals surface area contributed by atoms with E-state index in [-0.39, 0.29) is 24.9 Å². The summed E-state index contributed by atoms with van der Waals surface area (Å²) in [5.41, 5.74) is 4.25. The molecule has 0 saturated carbocycles. The number of ether oxygens (including phenoxy) is 2. The van der Waals surface area contributed by atoms with Crippen molar-refractivity contribution in [2.24, 2.45) is 0 Å². The van der Waals surface area contributed by atoms with Crippen LogP contribution in [0.5, 0.6) is 0 Å². The zero-order valence-electron chi connectivity index (χ0n) is 27.1. The highest BCUT2D eigenvalue weighted by molar-refractivity contribution is 7.47. The molecule has 1 aliphatic heterocycles. The molecule has 0 bridgehead atoms. The number of anilines is 1. The van der Waals surface area contributed by atoms with E-state index in [1.165, 1.54) is 64.2 Å². The first-order valence-corrected chi connectivity index (χ1v) is 18.0. The van der Waals surface area contributed by atoms with Gasteiger partial charge in [0.05, 0.1) is 19.3 Å². The molecular weight excluding hydrogens is 629 g/mol. The summed E-state index contributed by atoms with van der Waals surface area (Å²) in [6.07, 6.45) is 9.72. The summed E-state index contributed by atoms with van der Waals surface area (Å²) in [6, 6.07) is 1.10. The van der Waals surface area contributed by atoms with Crippen molar-refractivity contribution in [3.8, 4) is 0 Å². The molecule has 0 spiro atoms. The number of aliphatic hydroxyl groups excluding tert-OH is 1. The van der Waals surface area contributed by atoms with E-state index < -0.39 is 57.2 Å². The Bertz CT molecular complexity index is 1130. The molecule has 5 atom stereocenters. The van der Waals surface area contributed by atoms with E-state index in [0.717, 1.165) is 31.5 Å². The fourth-order valence-corrected chi connectivity index (χ4v) is 5.88. The molecule has 13 nitrogen and oxygen atoms in total. The van der Waals surface area contributed by atoms with Crippen molar-refractivity contribution in [2.75, 3.05) is 32.1 Å². The molecule has 2 heterocycles. The Hall–Kier alpha value is -2.00. The molecule has 1 aromatic heterocycles. The predicted molar refractivity (Wildman–Crippen MR) is 168 cm³/mol. The highest BCUT2D eigenvalue weighted by Gasteiger charge is 2.60. The summed E-state index contributed by atoms with van der Waals surface area (Å²) in [6.45, 7) is 2.79. The number of carbonyl (C=O) groups excluding carboxylic acids is 1. The van der Waals surface area contributed by atoms with E-state index in [4.69, 9.17) is 24.3 Å². The zero-order valence-corrected chi connectivity index (χ0v) is 28.0. The molecule has 2 rings (SSSR count). The molecule has 2 unspecified atom stereocenters. The van der Waals surface area contributed by atoms with Crippen LogP contribution in [-0.4, -0.2) is 76.1 Å². The minimum atomic E-state index is -4.82. The second-order valence-electron chi connectivity index (χ2n) is 11.6. The largest absolute Gasteiger partial charge is 0.472 e. The van der Waals surface area contributed by atoms with E-state index in [1.807, 2.05) is 0 Å². The van der Waals surface area contributed by atoms with Crippen LogP contribution in [0.2, 0.25) is 0 Å². The highest BCUT2D eigenvalue weighted by atomic mass is 31.2. The molecule has 0 radical (unpaired) electrons. The van der Waals surface area contributed by atoms with Gasteiger partial charge in [-0.3, -0.25) is 18.4 Å². The standard InChI is InChI=1S/C30H53F2N4O9P/c1-3-5-6-7-8-9-10-11-12-13-14-15-16-17-26(37)34-20-23(42-4-2)21-43-46(40,41)44-22-24-27(38)30(31,32)28(45-24)36-19-18-25(33)35-29(36)39/h18-19,23-24,27-28,38H,3-17,20-22H2,1-2H3,(H,34,37)(H,40,41)(H2,33,35,39)/t23?,24-,27-,28-/m1/s1. The van der Waals surface area contributed by atoms with Crippen molar-refractivity contribution in [1.29, 1.82) is 0 Å². The zero-order chi connectivity index (χ0) is 34.0. The van der Waals surface area contributed by atoms with Crippen LogP contribution in [0.15, 0.2) is 17.1 Å². The number of unbranched alkanes of at least 4 members (excludes halogenated alkanes) is 12. The first kappa shape index (κ1) is 40.2. The highest BCUT2D eigenvalue weighted by Crippen LogP contribution is 2.47. The second-order valence-corrected chi connectivity index (χ2v) is 13.1. The number of nitrogens with zero attached hydrogens (tertiary/aromatic N) is 2. The van der Waals surface area contributed by atoms with Gasteiger partial charge in [-0.1, -0.05) is 84.0 Å². The Labute approximate surface area is 270 Å². The first-order valence-electron chi connectivity index (χ1n) is 16.5. The number of phosphoric ester groups is 1. The minimum absolute atomic E-state index is 0.0217. The number of alkyl halides is 2. The molecule has 0 aromatic carbocycles. The van der Waals surface area contributed by atoms with Crippen molar-refractivity contribution in [1.82, 2.24) is 14.9 Å². The molecular formula is C30H53F2N4O9P. The average molecular weight is 683 g/mol. The lowest BCUT2D eigenvalue weighted by Crippen LogP contribution is -2.42. The maximum atomic E-state index is 14.7. The van der Waals surface area contributed by atoms with E-state index in [2.05, 4.69) is 17.2 Å². The molecule has 0 aliphatic carbocycles. The van der Waals surface area contributed by atoms with Crippen molar-refractivity contribution in [2.45, 2.75) is 134 Å². The monoisotopic (exact) mass is 682 g/mol. The quantitative estimate of drug-likeness (QED) is 0.0816. The molecule has 16 heteroatoms. The lowest BCUT2D eigenvalue weighted by atomic mass is 10.0. The number of hydrogen-bond donors (Lipinski definition) is 4. The van der Waals surface area contributed by atoms with Crippen LogP contribution in [0.4, 0.5) is 14.6 Å². The van der Waals surface area contributed by atoms with Crippen molar-refractivity contribution >= 4 is 19.5 Å². The summed E-state index contributed by atoms with van der Waals surface area (Å²) >= 11 is 0. The van der Waals surface area contributed by atoms with Gasteiger partial charge in [0.25, 0.3) is 0 Å². The second kappa shape index (κ2) is 21.1. The van der Waals surface area contributed by atoms with Gasteiger partial charge < -0.3 is 30.5 Å². The van der Waals surface area contributed by atoms with Gasteiger partial charge in [0, 0.05) is 25.8 Å². The van der Waals surface area contributed by atoms with E-state index >= 15 is 0 Å². The van der Waals surface area contributed by atoms with Crippen LogP contribution in [0.25, 0.3) is 0 Å². The summed E-state index contributed by atoms with van der Waals surface area (Å²) in [5, 5.41) is 12.8. The number of nitrogen functional groups attached to an aromatic ring is 1. The molecule has 1 fully saturated rings. The number of amides is 1. The number of hydrogen-bond acceptors (Lipinski definition) is 10. The van der Waals surface area contributed by atoms with Gasteiger partial charge in [-0.15, -0.1) is 0 Å². The number of carbonyl (C=O) groups is 1. The smallest absolute Gasteiger partial charge is 0.384 e. The van der Waals surface area contributed by atoms with Gasteiger partial charge in [-0.25, -0.2) is 9.36 Å². The van der Waals surface area contributed by atoms with Crippen molar-refractivity contribution in [3.05, 3.63) is 22.7 Å². The number of rotatable bonds is 25. The third-order valence-corrected chi connectivity index (χ3v) is 8.70. The Balaban J connectivity index is 1.65. The fraction of sp³-hybridized carbons (Fsp3) is 0.833. The number of nitrogens with two attached hydrogens (primary N) is 1. The van der Waals surface area contributed by atoms with Gasteiger partial charge in [-0.2, -0.15) is 13.8 Å². The summed E-state index contributed by atoms with van der Waals surface area (Å²) in [7, 11) is -4.82. The molecule has 1 saturated heterocycles. The summed E-state index contributed by atoms with van der Waals surface area (Å²) in [5.74, 6) is -4.32. The maximum absolute atomic E-state index is 14.7. The Kier molecular flexibility index (Phi) is 18.4. The number of phosphoric acid groups is 1. The lowest BCUT2D eigenvalue weighted by molar-refractivity contribution is -0.140. The number of nitrogens with one attached hydrogen (secondary N) is 1. The van der Waals surface area contributed by atoms with Gasteiger partial charge in [-0.05, 0) is 19.4 Å². The molecule has 1 aliphatic rings. The van der Waals surface area contributed by atoms with Gasteiger partial charge in [0.15, 0.2) is 6.10 Å². The van der Waals surface area contributed by atoms with Crippen LogP contribution >= 0.6 is 7.82 Å². The fourth-order valence-electron chi connectivity index (χ4n) is 5.11. The maximum Gasteiger partial charge on any atom is 0.472 e. The SMILES string of the molecule is CCCCCCCCCCCCCCCC(=O)NCC(COP(=O)(O)OC[C@H]1O[C@@H](n2ccc(N)nc2=O)C(F)(F)[C@@H]1O)OCC. The van der Waals surface area contributed by atoms with Crippen molar-refractivity contribution < 1.29 is 46.7 Å². The average Bonchev–Trinajstić information content (AvgIpc) is 3.23. The molecule has 1 aromatic rings. The van der Waals surface area contributed by atoms with E-state index in [1.54, 1.807) is 6.92 Å². The third-order valence-electron chi connectivity index (χ3n) is 7.75.